The Bertz CT molecular complexity index is 2450. The van der Waals surface area contributed by atoms with Crippen molar-refractivity contribution >= 4 is 151 Å². The SMILES string of the molecule is CSCC[C@H](NC(=O)[C@H](CCC(N)=O)NC(=O)[C@H](CCCCN)NC(=O)[C@@H]1CCCN1C(=O)[C@H](CS)NC(=O)[C@H](CS)NC(=O)CNC(=O)[C@@H](N)CC(N)=O)C(=O)N[C@@H](CCCN=C(N)N)C(=O)N[C@@H](CS)C(=O)N[C@@H](CS)C(=O)N[C@H](C(=O)O)[C@@H](C)O. The predicted octanol–water partition coefficient (Wildman–Crippen LogP) is -8.95. The Hall–Kier alpha value is -6.52. The molecule has 1 aliphatic rings. The van der Waals surface area contributed by atoms with Gasteiger partial charge in [-0.05, 0) is 83.3 Å². The highest BCUT2D eigenvalue weighted by molar-refractivity contribution is 7.98. The zero-order valence-electron chi connectivity index (χ0n) is 48.7. The molecule has 13 amide bonds. The van der Waals surface area contributed by atoms with Crippen molar-refractivity contribution in [2.45, 2.75) is 150 Å². The summed E-state index contributed by atoms with van der Waals surface area (Å²) >= 11 is 17.9. The Morgan fingerprint density at radius 1 is 0.591 bits per heavy atom. The van der Waals surface area contributed by atoms with Gasteiger partial charge >= 0.3 is 5.97 Å². The van der Waals surface area contributed by atoms with E-state index in [0.29, 0.717) is 12.8 Å². The average Bonchev–Trinajstić information content (AvgIpc) is 2.02. The van der Waals surface area contributed by atoms with Gasteiger partial charge in [0, 0.05) is 42.5 Å². The second-order valence-electron chi connectivity index (χ2n) is 20.0. The number of nitrogens with one attached hydrogen (secondary N) is 10. The molecule has 1 aliphatic heterocycles. The molecule has 0 spiro atoms. The van der Waals surface area contributed by atoms with Gasteiger partial charge in [0.15, 0.2) is 12.0 Å². The Morgan fingerprint density at radius 3 is 1.51 bits per heavy atom. The van der Waals surface area contributed by atoms with Crippen LogP contribution in [0.1, 0.15) is 77.6 Å². The number of likely N-dealkylation sites (tertiary alicyclic amines) is 1. The first-order chi connectivity index (χ1) is 41.5. The van der Waals surface area contributed by atoms with E-state index in [1.54, 1.807) is 6.26 Å². The third kappa shape index (κ3) is 29.2. The minimum absolute atomic E-state index is 0.0239. The number of carbonyl (C=O) groups excluding carboxylic acids is 13. The zero-order valence-corrected chi connectivity index (χ0v) is 53.1. The maximum absolute atomic E-state index is 14.3. The number of aliphatic imine (C=N–C) groups is 1. The topological polar surface area (TPSA) is 571 Å². The molecule has 1 heterocycles. The first-order valence-electron chi connectivity index (χ1n) is 27.7. The van der Waals surface area contributed by atoms with Gasteiger partial charge in [0.1, 0.15) is 54.4 Å². The molecule has 0 bridgehead atoms. The third-order valence-corrected chi connectivity index (χ3v) is 15.1. The number of guanidine groups is 1. The highest BCUT2D eigenvalue weighted by Gasteiger charge is 2.40. The molecule has 88 heavy (non-hydrogen) atoms. The van der Waals surface area contributed by atoms with E-state index in [0.717, 1.165) is 6.92 Å². The van der Waals surface area contributed by atoms with Crippen molar-refractivity contribution in [2.24, 2.45) is 39.4 Å². The number of hydrogen-bond donors (Lipinski definition) is 22. The molecule has 0 radical (unpaired) electrons. The molecule has 0 aromatic heterocycles. The molecule has 34 nitrogen and oxygen atoms in total. The predicted molar refractivity (Wildman–Crippen MR) is 336 cm³/mol. The van der Waals surface area contributed by atoms with Crippen LogP contribution in [0.3, 0.4) is 0 Å². The van der Waals surface area contributed by atoms with Crippen molar-refractivity contribution in [3.8, 4) is 0 Å². The van der Waals surface area contributed by atoms with Crippen LogP contribution in [-0.2, 0) is 67.1 Å². The van der Waals surface area contributed by atoms with E-state index in [2.05, 4.69) is 109 Å². The van der Waals surface area contributed by atoms with Crippen LogP contribution in [0.5, 0.6) is 0 Å². The van der Waals surface area contributed by atoms with E-state index in [1.807, 2.05) is 0 Å². The van der Waals surface area contributed by atoms with Gasteiger partial charge in [0.05, 0.1) is 25.1 Å². The molecule has 1 rings (SSSR count). The molecule has 12 atom stereocenters. The molecule has 1 saturated heterocycles. The van der Waals surface area contributed by atoms with E-state index < -0.39 is 181 Å². The molecule has 498 valence electrons. The van der Waals surface area contributed by atoms with Crippen LogP contribution in [0.2, 0.25) is 0 Å². The lowest BCUT2D eigenvalue weighted by molar-refractivity contribution is -0.145. The Balaban J connectivity index is 3.44. The minimum atomic E-state index is -1.74. The van der Waals surface area contributed by atoms with Crippen LogP contribution in [0, 0.1) is 0 Å². The quantitative estimate of drug-likeness (QED) is 0.0117. The average molecular weight is 1340 g/mol. The van der Waals surface area contributed by atoms with E-state index in [-0.39, 0.29) is 92.9 Å². The molecule has 24 N–H and O–H groups in total. The van der Waals surface area contributed by atoms with E-state index in [4.69, 9.17) is 34.4 Å². The van der Waals surface area contributed by atoms with Crippen LogP contribution >= 0.6 is 62.3 Å². The summed E-state index contributed by atoms with van der Waals surface area (Å²) in [6, 6.07) is -15.8. The fraction of sp³-hybridized carbons (Fsp3) is 0.694. The number of aliphatic hydroxyl groups excluding tert-OH is 1. The van der Waals surface area contributed by atoms with Crippen LogP contribution in [0.25, 0.3) is 0 Å². The number of aliphatic hydroxyl groups is 1. The number of thiol groups is 4. The van der Waals surface area contributed by atoms with Crippen LogP contribution in [-0.4, -0.2) is 238 Å². The Kier molecular flexibility index (Phi) is 38.3. The highest BCUT2D eigenvalue weighted by Crippen LogP contribution is 2.20. The number of amides is 13. The van der Waals surface area contributed by atoms with Crippen LogP contribution in [0.15, 0.2) is 4.99 Å². The van der Waals surface area contributed by atoms with Crippen molar-refractivity contribution < 1.29 is 77.3 Å². The Labute approximate surface area is 534 Å². The molecule has 0 aromatic rings. The summed E-state index contributed by atoms with van der Waals surface area (Å²) in [7, 11) is 0. The summed E-state index contributed by atoms with van der Waals surface area (Å²) in [5, 5.41) is 43.5. The lowest BCUT2D eigenvalue weighted by Crippen LogP contribution is -2.61. The molecule has 0 aromatic carbocycles. The fourth-order valence-electron chi connectivity index (χ4n) is 8.26. The molecule has 1 fully saturated rings. The van der Waals surface area contributed by atoms with Gasteiger partial charge in [0.2, 0.25) is 76.8 Å². The monoisotopic (exact) mass is 1340 g/mol. The lowest BCUT2D eigenvalue weighted by atomic mass is 10.0. The normalized spacial score (nSPS) is 16.5. The first-order valence-corrected chi connectivity index (χ1v) is 31.6. The summed E-state index contributed by atoms with van der Waals surface area (Å²) in [5.74, 6) is -14.5. The molecular weight excluding hydrogens is 1260 g/mol. The van der Waals surface area contributed by atoms with Crippen molar-refractivity contribution in [3.63, 3.8) is 0 Å². The highest BCUT2D eigenvalue weighted by atomic mass is 32.2. The lowest BCUT2D eigenvalue weighted by Gasteiger charge is -2.30. The molecule has 0 aliphatic carbocycles. The van der Waals surface area contributed by atoms with Crippen molar-refractivity contribution in [1.82, 2.24) is 58.1 Å². The standard InChI is InChI=1S/C49H86N18O16S5/c1-23(68)37(48(82)83)66-45(79)31(21-86)64-44(78)30(20-85)63-40(74)26(8-5-14-56-49(54)55)59-42(76)28(12-16-88-2)61-41(75)27(10-11-34(52)69)60-39(73)25(7-3-4-13-50)62-46(80)33-9-6-15-67(33)47(81)32(22-87)65-43(77)29(19-84)58-36(71)18-57-38(72)24(51)17-35(53)70/h23-33,37,68,84-87H,3-22,50-51H2,1-2H3,(H2,52,69)(H2,53,70)(H,57,72)(H,58,71)(H,59,76)(H,60,73)(H,61,75)(H,62,80)(H,63,74)(H,64,78)(H,65,77)(H,66,79)(H,82,83)(H4,54,55,56)/t23-,24+,25+,26+,27+,28+,29+,30+,31+,32+,33+,37+/m1/s1. The number of carboxylic acids is 1. The van der Waals surface area contributed by atoms with Gasteiger partial charge in [-0.25, -0.2) is 4.79 Å². The summed E-state index contributed by atoms with van der Waals surface area (Å²) in [4.78, 5) is 189. The maximum Gasteiger partial charge on any atom is 0.328 e. The number of carboxylic acid groups (broad SMARTS) is 1. The van der Waals surface area contributed by atoms with Crippen molar-refractivity contribution in [1.29, 1.82) is 0 Å². The summed E-state index contributed by atoms with van der Waals surface area (Å²) in [6.07, 6.45) is -0.277. The maximum atomic E-state index is 14.3. The molecular formula is C49H86N18O16S5. The summed E-state index contributed by atoms with van der Waals surface area (Å²) in [6.45, 7) is 0.684. The first kappa shape index (κ1) is 79.5. The van der Waals surface area contributed by atoms with Crippen LogP contribution < -0.4 is 87.6 Å². The van der Waals surface area contributed by atoms with Crippen molar-refractivity contribution in [3.05, 3.63) is 0 Å². The fourth-order valence-corrected chi connectivity index (χ4v) is 9.75. The number of carbonyl (C=O) groups is 14. The smallest absolute Gasteiger partial charge is 0.328 e. The largest absolute Gasteiger partial charge is 0.480 e. The number of primary amides is 2. The van der Waals surface area contributed by atoms with Crippen molar-refractivity contribution in [2.75, 3.05) is 61.2 Å². The van der Waals surface area contributed by atoms with Gasteiger partial charge in [-0.15, -0.1) is 0 Å². The summed E-state index contributed by atoms with van der Waals surface area (Å²) < 4.78 is 0. The number of thioether (sulfide) groups is 1. The van der Waals surface area contributed by atoms with Gasteiger partial charge < -0.3 is 103 Å². The summed E-state index contributed by atoms with van der Waals surface area (Å²) in [5.41, 5.74) is 32.8. The van der Waals surface area contributed by atoms with E-state index in [9.17, 15) is 77.3 Å². The number of unbranched alkanes of at least 4 members (excludes halogenated alkanes) is 1. The Morgan fingerprint density at radius 2 is 1.05 bits per heavy atom. The second-order valence-corrected chi connectivity index (χ2v) is 22.5. The number of nitrogens with two attached hydrogens (primary N) is 6. The number of rotatable bonds is 43. The van der Waals surface area contributed by atoms with Gasteiger partial charge in [-0.3, -0.25) is 67.3 Å². The number of nitrogens with zero attached hydrogens (tertiary/aromatic N) is 2. The minimum Gasteiger partial charge on any atom is -0.480 e. The van der Waals surface area contributed by atoms with Gasteiger partial charge in [-0.1, -0.05) is 0 Å². The number of aliphatic carboxylic acids is 1. The number of hydrogen-bond acceptors (Lipinski definition) is 23. The van der Waals surface area contributed by atoms with Gasteiger partial charge in [-0.2, -0.15) is 62.3 Å². The zero-order chi connectivity index (χ0) is 66.8. The molecule has 0 saturated carbocycles. The third-order valence-electron chi connectivity index (χ3n) is 13.0. The second kappa shape index (κ2) is 42.4. The van der Waals surface area contributed by atoms with E-state index >= 15 is 0 Å². The van der Waals surface area contributed by atoms with Gasteiger partial charge in [0.25, 0.3) is 0 Å². The van der Waals surface area contributed by atoms with E-state index in [1.165, 1.54) is 16.7 Å². The molecule has 39 heteroatoms. The molecule has 0 unspecified atom stereocenters. The van der Waals surface area contributed by atoms with Crippen LogP contribution in [0.4, 0.5) is 0 Å².